The Kier molecular flexibility index (Phi) is 6.32. The molecule has 1 heterocycles. The van der Waals surface area contributed by atoms with Crippen molar-refractivity contribution in [2.45, 2.75) is 45.9 Å². The minimum Gasteiger partial charge on any atom is -0.490 e. The van der Waals surface area contributed by atoms with Gasteiger partial charge in [-0.3, -0.25) is 9.52 Å². The summed E-state index contributed by atoms with van der Waals surface area (Å²) < 4.78 is 47.7. The number of sulfonamides is 1. The molecule has 0 aliphatic carbocycles. The number of carbonyl (C=O) groups is 1. The van der Waals surface area contributed by atoms with Crippen LogP contribution in [-0.2, 0) is 14.8 Å². The number of halogens is 1. The number of ether oxygens (including phenoxy) is 1. The molecule has 8 heteroatoms. The number of anilines is 2. The number of nitrogens with zero attached hydrogens (tertiary/aromatic N) is 1. The lowest BCUT2D eigenvalue weighted by Crippen LogP contribution is -2.42. The molecule has 2 aromatic carbocycles. The van der Waals surface area contributed by atoms with Crippen LogP contribution in [0.1, 0.15) is 39.7 Å². The van der Waals surface area contributed by atoms with Gasteiger partial charge in [0.1, 0.15) is 18.2 Å². The third-order valence-corrected chi connectivity index (χ3v) is 6.81. The summed E-state index contributed by atoms with van der Waals surface area (Å²) in [6.45, 7) is 10.2. The van der Waals surface area contributed by atoms with Crippen molar-refractivity contribution in [1.82, 2.24) is 0 Å². The molecule has 1 aliphatic heterocycles. The Bertz CT molecular complexity index is 1100. The molecule has 1 amide bonds. The van der Waals surface area contributed by atoms with Crippen LogP contribution < -0.4 is 14.4 Å². The second-order valence-electron chi connectivity index (χ2n) is 9.01. The van der Waals surface area contributed by atoms with Crippen LogP contribution in [0.25, 0.3) is 0 Å². The number of benzene rings is 2. The van der Waals surface area contributed by atoms with Gasteiger partial charge in [-0.2, -0.15) is 0 Å². The molecule has 31 heavy (non-hydrogen) atoms. The third kappa shape index (κ3) is 5.01. The molecular weight excluding hydrogens is 419 g/mol. The fourth-order valence-corrected chi connectivity index (χ4v) is 4.70. The van der Waals surface area contributed by atoms with Gasteiger partial charge < -0.3 is 9.64 Å². The summed E-state index contributed by atoms with van der Waals surface area (Å²) in [7, 11) is -4.00. The maximum Gasteiger partial charge on any atom is 0.262 e. The van der Waals surface area contributed by atoms with Gasteiger partial charge in [-0.05, 0) is 62.9 Å². The van der Waals surface area contributed by atoms with E-state index in [4.69, 9.17) is 4.74 Å². The number of hydrogen-bond donors (Lipinski definition) is 1. The zero-order chi connectivity index (χ0) is 23.0. The van der Waals surface area contributed by atoms with Crippen LogP contribution in [0.3, 0.4) is 0 Å². The highest BCUT2D eigenvalue weighted by atomic mass is 32.2. The highest BCUT2D eigenvalue weighted by Crippen LogP contribution is 2.39. The van der Waals surface area contributed by atoms with Gasteiger partial charge in [-0.25, -0.2) is 12.8 Å². The molecule has 0 bridgehead atoms. The highest BCUT2D eigenvalue weighted by molar-refractivity contribution is 7.92. The van der Waals surface area contributed by atoms with Crippen molar-refractivity contribution < 1.29 is 22.3 Å². The third-order valence-electron chi connectivity index (χ3n) is 5.29. The predicted molar refractivity (Wildman–Crippen MR) is 119 cm³/mol. The normalized spacial score (nSPS) is 16.0. The van der Waals surface area contributed by atoms with E-state index < -0.39 is 21.3 Å². The van der Waals surface area contributed by atoms with Gasteiger partial charge in [-0.1, -0.05) is 19.9 Å². The lowest BCUT2D eigenvalue weighted by atomic mass is 9.92. The lowest BCUT2D eigenvalue weighted by Gasteiger charge is -2.28. The fourth-order valence-electron chi connectivity index (χ4n) is 3.39. The van der Waals surface area contributed by atoms with E-state index in [0.717, 1.165) is 12.5 Å². The quantitative estimate of drug-likeness (QED) is 0.693. The number of fused-ring (bicyclic) bond motifs is 1. The van der Waals surface area contributed by atoms with Gasteiger partial charge in [0.2, 0.25) is 5.91 Å². The van der Waals surface area contributed by atoms with Crippen LogP contribution >= 0.6 is 0 Å². The largest absolute Gasteiger partial charge is 0.490 e. The topological polar surface area (TPSA) is 75.7 Å². The number of nitrogens with one attached hydrogen (secondary N) is 1. The van der Waals surface area contributed by atoms with Crippen molar-refractivity contribution in [1.29, 1.82) is 0 Å². The SMILES string of the molecule is Cc1ccc(F)cc1S(=O)(=O)Nc1ccc2c(c1)OCC(C)(C)C(=O)N2CCC(C)C. The van der Waals surface area contributed by atoms with E-state index in [1.807, 2.05) is 13.8 Å². The average molecular weight is 449 g/mol. The minimum absolute atomic E-state index is 0.0318. The fraction of sp³-hybridized carbons (Fsp3) is 0.435. The molecule has 0 saturated carbocycles. The number of aryl methyl sites for hydroxylation is 1. The Morgan fingerprint density at radius 2 is 1.90 bits per heavy atom. The zero-order valence-electron chi connectivity index (χ0n) is 18.5. The smallest absolute Gasteiger partial charge is 0.262 e. The van der Waals surface area contributed by atoms with Crippen LogP contribution in [0, 0.1) is 24.1 Å². The summed E-state index contributed by atoms with van der Waals surface area (Å²) in [5.74, 6) is 0.191. The van der Waals surface area contributed by atoms with Crippen LogP contribution in [0.5, 0.6) is 5.75 Å². The summed E-state index contributed by atoms with van der Waals surface area (Å²) in [4.78, 5) is 14.7. The van der Waals surface area contributed by atoms with Gasteiger partial charge in [-0.15, -0.1) is 0 Å². The Balaban J connectivity index is 1.96. The maximum atomic E-state index is 13.6. The monoisotopic (exact) mass is 448 g/mol. The number of hydrogen-bond acceptors (Lipinski definition) is 4. The van der Waals surface area contributed by atoms with E-state index in [1.165, 1.54) is 12.1 Å². The number of rotatable bonds is 6. The average Bonchev–Trinajstić information content (AvgIpc) is 2.77. The number of carbonyl (C=O) groups excluding carboxylic acids is 1. The Hall–Kier alpha value is -2.61. The van der Waals surface area contributed by atoms with E-state index in [2.05, 4.69) is 18.6 Å². The van der Waals surface area contributed by atoms with Crippen molar-refractivity contribution in [2.24, 2.45) is 11.3 Å². The van der Waals surface area contributed by atoms with Crippen LogP contribution in [0.2, 0.25) is 0 Å². The molecule has 0 spiro atoms. The molecule has 0 unspecified atom stereocenters. The van der Waals surface area contributed by atoms with E-state index in [1.54, 1.807) is 30.0 Å². The maximum absolute atomic E-state index is 13.6. The van der Waals surface area contributed by atoms with Crippen LogP contribution in [0.4, 0.5) is 15.8 Å². The molecule has 0 radical (unpaired) electrons. The first-order valence-electron chi connectivity index (χ1n) is 10.3. The molecule has 2 aromatic rings. The van der Waals surface area contributed by atoms with E-state index >= 15 is 0 Å². The van der Waals surface area contributed by atoms with Gasteiger partial charge in [0.15, 0.2) is 0 Å². The molecule has 0 saturated heterocycles. The van der Waals surface area contributed by atoms with E-state index in [-0.39, 0.29) is 23.1 Å². The van der Waals surface area contributed by atoms with Crippen molar-refractivity contribution in [3.63, 3.8) is 0 Å². The number of amides is 1. The highest BCUT2D eigenvalue weighted by Gasteiger charge is 2.37. The van der Waals surface area contributed by atoms with E-state index in [0.29, 0.717) is 29.5 Å². The summed E-state index contributed by atoms with van der Waals surface area (Å²) in [6, 6.07) is 8.47. The van der Waals surface area contributed by atoms with Gasteiger partial charge in [0.05, 0.1) is 21.7 Å². The summed E-state index contributed by atoms with van der Waals surface area (Å²) in [6.07, 6.45) is 0.828. The van der Waals surface area contributed by atoms with E-state index in [9.17, 15) is 17.6 Å². The summed E-state index contributed by atoms with van der Waals surface area (Å²) in [5, 5.41) is 0. The van der Waals surface area contributed by atoms with Crippen LogP contribution in [-0.4, -0.2) is 27.5 Å². The molecular formula is C23H29FN2O4S. The Morgan fingerprint density at radius 1 is 1.19 bits per heavy atom. The first kappa shape index (κ1) is 23.1. The molecule has 6 nitrogen and oxygen atoms in total. The van der Waals surface area contributed by atoms with Crippen LogP contribution in [0.15, 0.2) is 41.3 Å². The van der Waals surface area contributed by atoms with Crippen molar-refractivity contribution in [2.75, 3.05) is 22.8 Å². The molecule has 1 aliphatic rings. The summed E-state index contributed by atoms with van der Waals surface area (Å²) >= 11 is 0. The Morgan fingerprint density at radius 3 is 2.58 bits per heavy atom. The Labute approximate surface area is 183 Å². The summed E-state index contributed by atoms with van der Waals surface area (Å²) in [5.41, 5.74) is 0.612. The van der Waals surface area contributed by atoms with Gasteiger partial charge in [0, 0.05) is 12.6 Å². The van der Waals surface area contributed by atoms with Gasteiger partial charge in [0.25, 0.3) is 10.0 Å². The molecule has 0 fully saturated rings. The zero-order valence-corrected chi connectivity index (χ0v) is 19.3. The molecule has 1 N–H and O–H groups in total. The van der Waals surface area contributed by atoms with Crippen molar-refractivity contribution >= 4 is 27.3 Å². The van der Waals surface area contributed by atoms with Crippen molar-refractivity contribution in [3.05, 3.63) is 47.8 Å². The molecule has 0 atom stereocenters. The minimum atomic E-state index is -4.00. The van der Waals surface area contributed by atoms with Gasteiger partial charge >= 0.3 is 0 Å². The van der Waals surface area contributed by atoms with Crippen molar-refractivity contribution in [3.8, 4) is 5.75 Å². The predicted octanol–water partition coefficient (Wildman–Crippen LogP) is 4.73. The molecule has 0 aromatic heterocycles. The lowest BCUT2D eigenvalue weighted by molar-refractivity contribution is -0.127. The first-order chi connectivity index (χ1) is 14.4. The second-order valence-corrected chi connectivity index (χ2v) is 10.7. The first-order valence-corrected chi connectivity index (χ1v) is 11.8. The molecule has 3 rings (SSSR count). The second kappa shape index (κ2) is 8.49. The molecule has 168 valence electrons. The standard InChI is InChI=1S/C23H29FN2O4S/c1-15(2)10-11-26-19-9-8-18(13-20(19)30-14-23(4,5)22(26)27)25-31(28,29)21-12-17(24)7-6-16(21)3/h6-9,12-13,15,25H,10-11,14H2,1-5H3.